The molecule has 5 heteroatoms. The van der Waals surface area contributed by atoms with Gasteiger partial charge in [0.05, 0.1) is 5.56 Å². The van der Waals surface area contributed by atoms with Crippen LogP contribution in [0.2, 0.25) is 0 Å². The number of unbranched alkanes of at least 4 members (excludes halogenated alkanes) is 4. The smallest absolute Gasteiger partial charge is 0.406 e. The third-order valence-corrected chi connectivity index (χ3v) is 6.74. The molecule has 0 aliphatic heterocycles. The maximum atomic E-state index is 15.1. The second kappa shape index (κ2) is 13.3. The van der Waals surface area contributed by atoms with Crippen LogP contribution in [-0.2, 0) is 19.3 Å². The van der Waals surface area contributed by atoms with E-state index in [9.17, 15) is 13.2 Å². The van der Waals surface area contributed by atoms with Crippen LogP contribution in [0.4, 0.5) is 17.6 Å². The Balaban J connectivity index is 1.36. The first-order valence-corrected chi connectivity index (χ1v) is 13.5. The third kappa shape index (κ3) is 8.61. The van der Waals surface area contributed by atoms with Crippen molar-refractivity contribution in [2.24, 2.45) is 0 Å². The Morgan fingerprint density at radius 1 is 0.667 bits per heavy atom. The molecule has 0 spiro atoms. The minimum absolute atomic E-state index is 0.233. The van der Waals surface area contributed by atoms with Gasteiger partial charge in [-0.3, -0.25) is 0 Å². The number of alkyl halides is 3. The number of hydrogen-bond donors (Lipinski definition) is 0. The van der Waals surface area contributed by atoms with Crippen molar-refractivity contribution in [3.05, 3.63) is 112 Å². The molecule has 0 saturated carbocycles. The molecule has 4 rings (SSSR count). The molecule has 0 aromatic heterocycles. The van der Waals surface area contributed by atoms with E-state index in [2.05, 4.69) is 47.8 Å². The van der Waals surface area contributed by atoms with E-state index in [-0.39, 0.29) is 11.3 Å². The van der Waals surface area contributed by atoms with Crippen molar-refractivity contribution in [3.8, 4) is 17.6 Å². The fourth-order valence-corrected chi connectivity index (χ4v) is 4.57. The van der Waals surface area contributed by atoms with E-state index in [4.69, 9.17) is 0 Å². The van der Waals surface area contributed by atoms with Crippen LogP contribution < -0.4 is 4.74 Å². The molecule has 39 heavy (non-hydrogen) atoms. The van der Waals surface area contributed by atoms with E-state index >= 15 is 4.39 Å². The van der Waals surface area contributed by atoms with Gasteiger partial charge in [-0.15, -0.1) is 13.2 Å². The summed E-state index contributed by atoms with van der Waals surface area (Å²) in [6.07, 6.45) is 4.61. The minimum Gasteiger partial charge on any atom is -0.406 e. The molecule has 0 atom stereocenters. The number of aryl methyl sites for hydroxylation is 3. The van der Waals surface area contributed by atoms with Gasteiger partial charge in [-0.1, -0.05) is 93.0 Å². The maximum absolute atomic E-state index is 15.1. The lowest BCUT2D eigenvalue weighted by molar-refractivity contribution is -0.274. The average molecular weight is 533 g/mol. The predicted molar refractivity (Wildman–Crippen MR) is 149 cm³/mol. The topological polar surface area (TPSA) is 9.23 Å². The molecule has 4 aromatic rings. The molecule has 202 valence electrons. The standard InChI is InChI=1S/C34H32F4O/c1-2-3-4-5-6-7-25-8-10-26(11-9-25)12-13-28-17-23-32-30(24-28)20-19-29(33(32)35)18-14-27-15-21-31(22-16-27)39-34(36,37)38/h8-11,15-17,19-24H,2-7,12-13H2,1H3. The van der Waals surface area contributed by atoms with E-state index < -0.39 is 12.2 Å². The summed E-state index contributed by atoms with van der Waals surface area (Å²) in [5, 5.41) is 1.30. The van der Waals surface area contributed by atoms with Crippen LogP contribution >= 0.6 is 0 Å². The molecule has 0 N–H and O–H groups in total. The first-order chi connectivity index (χ1) is 18.8. The number of fused-ring (bicyclic) bond motifs is 1. The van der Waals surface area contributed by atoms with Crippen LogP contribution in [0, 0.1) is 17.7 Å². The average Bonchev–Trinajstić information content (AvgIpc) is 2.92. The number of hydrogen-bond acceptors (Lipinski definition) is 1. The SMILES string of the molecule is CCCCCCCc1ccc(CCc2ccc3c(F)c(C#Cc4ccc(OC(F)(F)F)cc4)ccc3c2)cc1. The lowest BCUT2D eigenvalue weighted by Gasteiger charge is -2.08. The van der Waals surface area contributed by atoms with Crippen molar-refractivity contribution < 1.29 is 22.3 Å². The maximum Gasteiger partial charge on any atom is 0.573 e. The van der Waals surface area contributed by atoms with Gasteiger partial charge in [0.15, 0.2) is 0 Å². The first-order valence-electron chi connectivity index (χ1n) is 13.5. The Labute approximate surface area is 227 Å². The van der Waals surface area contributed by atoms with E-state index in [1.165, 1.54) is 67.5 Å². The normalized spacial score (nSPS) is 11.3. The van der Waals surface area contributed by atoms with Gasteiger partial charge in [-0.05, 0) is 78.1 Å². The van der Waals surface area contributed by atoms with Crippen LogP contribution in [-0.4, -0.2) is 6.36 Å². The summed E-state index contributed by atoms with van der Waals surface area (Å²) in [4.78, 5) is 0. The molecule has 0 unspecified atom stereocenters. The molecular weight excluding hydrogens is 500 g/mol. The molecule has 1 nitrogen and oxygen atoms in total. The van der Waals surface area contributed by atoms with Gasteiger partial charge in [0.1, 0.15) is 11.6 Å². The van der Waals surface area contributed by atoms with Crippen LogP contribution in [0.1, 0.15) is 66.8 Å². The van der Waals surface area contributed by atoms with Gasteiger partial charge in [0.2, 0.25) is 0 Å². The van der Waals surface area contributed by atoms with Crippen LogP contribution in [0.15, 0.2) is 78.9 Å². The summed E-state index contributed by atoms with van der Waals surface area (Å²) in [7, 11) is 0. The van der Waals surface area contributed by atoms with E-state index in [1.54, 1.807) is 12.1 Å². The lowest BCUT2D eigenvalue weighted by Crippen LogP contribution is -2.16. The summed E-state index contributed by atoms with van der Waals surface area (Å²) >= 11 is 0. The zero-order valence-corrected chi connectivity index (χ0v) is 22.1. The molecule has 4 aromatic carbocycles. The van der Waals surface area contributed by atoms with Crippen molar-refractivity contribution in [3.63, 3.8) is 0 Å². The third-order valence-electron chi connectivity index (χ3n) is 6.74. The van der Waals surface area contributed by atoms with Gasteiger partial charge in [0.25, 0.3) is 0 Å². The molecule has 0 bridgehead atoms. The van der Waals surface area contributed by atoms with Gasteiger partial charge in [-0.25, -0.2) is 4.39 Å². The summed E-state index contributed by atoms with van der Waals surface area (Å²) in [6.45, 7) is 2.23. The van der Waals surface area contributed by atoms with Crippen LogP contribution in [0.3, 0.4) is 0 Å². The molecule has 0 radical (unpaired) electrons. The van der Waals surface area contributed by atoms with Crippen LogP contribution in [0.25, 0.3) is 10.8 Å². The lowest BCUT2D eigenvalue weighted by atomic mass is 9.98. The summed E-state index contributed by atoms with van der Waals surface area (Å²) < 4.78 is 55.9. The highest BCUT2D eigenvalue weighted by molar-refractivity contribution is 5.85. The molecular formula is C34H32F4O. The van der Waals surface area contributed by atoms with Gasteiger partial charge >= 0.3 is 6.36 Å². The van der Waals surface area contributed by atoms with Crippen molar-refractivity contribution in [1.82, 2.24) is 0 Å². The molecule has 0 aliphatic carbocycles. The van der Waals surface area contributed by atoms with Crippen molar-refractivity contribution >= 4 is 10.8 Å². The van der Waals surface area contributed by atoms with Gasteiger partial charge in [0, 0.05) is 10.9 Å². The van der Waals surface area contributed by atoms with Crippen molar-refractivity contribution in [2.45, 2.75) is 64.7 Å². The van der Waals surface area contributed by atoms with Gasteiger partial charge < -0.3 is 4.74 Å². The number of halogens is 4. The molecule has 0 heterocycles. The highest BCUT2D eigenvalue weighted by atomic mass is 19.4. The Bertz CT molecular complexity index is 1430. The summed E-state index contributed by atoms with van der Waals surface area (Å²) in [5.41, 5.74) is 4.51. The van der Waals surface area contributed by atoms with Crippen molar-refractivity contribution in [1.29, 1.82) is 0 Å². The molecule has 0 aliphatic rings. The predicted octanol–water partition coefficient (Wildman–Crippen LogP) is 9.58. The minimum atomic E-state index is -4.75. The fourth-order valence-electron chi connectivity index (χ4n) is 4.57. The highest BCUT2D eigenvalue weighted by Gasteiger charge is 2.30. The zero-order chi connectivity index (χ0) is 27.7. The Morgan fingerprint density at radius 3 is 2.00 bits per heavy atom. The highest BCUT2D eigenvalue weighted by Crippen LogP contribution is 2.24. The first kappa shape index (κ1) is 28.2. The number of rotatable bonds is 10. The Hall–Kier alpha value is -3.78. The summed E-state index contributed by atoms with van der Waals surface area (Å²) in [5.74, 6) is 4.85. The number of benzene rings is 4. The summed E-state index contributed by atoms with van der Waals surface area (Å²) in [6, 6.07) is 23.3. The molecule has 0 amide bonds. The second-order valence-electron chi connectivity index (χ2n) is 9.79. The van der Waals surface area contributed by atoms with Crippen LogP contribution in [0.5, 0.6) is 5.75 Å². The van der Waals surface area contributed by atoms with E-state index in [0.29, 0.717) is 10.9 Å². The van der Waals surface area contributed by atoms with Gasteiger partial charge in [-0.2, -0.15) is 0 Å². The largest absolute Gasteiger partial charge is 0.573 e. The second-order valence-corrected chi connectivity index (χ2v) is 9.79. The monoisotopic (exact) mass is 532 g/mol. The quantitative estimate of drug-likeness (QED) is 0.112. The van der Waals surface area contributed by atoms with E-state index in [0.717, 1.165) is 30.2 Å². The van der Waals surface area contributed by atoms with Crippen molar-refractivity contribution in [2.75, 3.05) is 0 Å². The Morgan fingerprint density at radius 2 is 1.31 bits per heavy atom. The number of ether oxygens (including phenoxy) is 1. The van der Waals surface area contributed by atoms with E-state index in [1.807, 2.05) is 18.2 Å². The fraction of sp³-hybridized carbons (Fsp3) is 0.294. The molecule has 0 fully saturated rings. The zero-order valence-electron chi connectivity index (χ0n) is 22.1. The molecule has 0 saturated heterocycles. The Kier molecular flexibility index (Phi) is 9.65.